The minimum atomic E-state index is -0.159. The summed E-state index contributed by atoms with van der Waals surface area (Å²) in [4.78, 5) is 0. The van der Waals surface area contributed by atoms with E-state index in [1.807, 2.05) is 6.92 Å². The van der Waals surface area contributed by atoms with Crippen molar-refractivity contribution >= 4 is 0 Å². The van der Waals surface area contributed by atoms with Gasteiger partial charge in [0.2, 0.25) is 0 Å². The van der Waals surface area contributed by atoms with Crippen molar-refractivity contribution < 1.29 is 9.47 Å². The molecular weight excluding hydrogens is 260 g/mol. The lowest BCUT2D eigenvalue weighted by Gasteiger charge is -2.26. The van der Waals surface area contributed by atoms with Crippen LogP contribution >= 0.6 is 0 Å². The van der Waals surface area contributed by atoms with Crippen LogP contribution in [0.1, 0.15) is 64.9 Å². The summed E-state index contributed by atoms with van der Waals surface area (Å²) in [5.74, 6) is 1.65. The third-order valence-electron chi connectivity index (χ3n) is 4.44. The minimum absolute atomic E-state index is 0.159. The molecular formula is C19H30O2. The van der Waals surface area contributed by atoms with E-state index in [2.05, 4.69) is 38.1 Å². The second-order valence-electron chi connectivity index (χ2n) is 6.44. The van der Waals surface area contributed by atoms with Gasteiger partial charge in [-0.25, -0.2) is 0 Å². The van der Waals surface area contributed by atoms with Gasteiger partial charge in [-0.1, -0.05) is 51.7 Å². The van der Waals surface area contributed by atoms with Crippen molar-refractivity contribution in [2.45, 2.75) is 78.1 Å². The molecule has 2 heteroatoms. The van der Waals surface area contributed by atoms with Gasteiger partial charge >= 0.3 is 0 Å². The fourth-order valence-electron chi connectivity index (χ4n) is 2.94. The molecule has 0 amide bonds. The minimum Gasteiger partial charge on any atom is -0.465 e. The molecule has 1 aliphatic rings. The molecule has 0 radical (unpaired) electrons. The van der Waals surface area contributed by atoms with Crippen LogP contribution in [-0.4, -0.2) is 12.4 Å². The van der Waals surface area contributed by atoms with Crippen molar-refractivity contribution in [1.82, 2.24) is 0 Å². The Morgan fingerprint density at radius 2 is 1.71 bits per heavy atom. The topological polar surface area (TPSA) is 18.5 Å². The van der Waals surface area contributed by atoms with E-state index in [4.69, 9.17) is 9.47 Å². The van der Waals surface area contributed by atoms with Crippen LogP contribution in [0.25, 0.3) is 0 Å². The van der Waals surface area contributed by atoms with E-state index in [-0.39, 0.29) is 6.29 Å². The number of hydrogen-bond donors (Lipinski definition) is 0. The first-order valence-electron chi connectivity index (χ1n) is 8.58. The largest absolute Gasteiger partial charge is 0.465 e. The Balaban J connectivity index is 1.79. The van der Waals surface area contributed by atoms with Crippen molar-refractivity contribution in [2.75, 3.05) is 0 Å². The summed E-state index contributed by atoms with van der Waals surface area (Å²) >= 11 is 0. The van der Waals surface area contributed by atoms with Crippen LogP contribution in [0.3, 0.4) is 0 Å². The molecule has 2 atom stereocenters. The molecule has 1 aliphatic carbocycles. The second kappa shape index (κ2) is 8.43. The highest BCUT2D eigenvalue weighted by Gasteiger charge is 2.17. The first kappa shape index (κ1) is 16.4. The zero-order valence-corrected chi connectivity index (χ0v) is 13.8. The van der Waals surface area contributed by atoms with Crippen LogP contribution in [0.5, 0.6) is 5.75 Å². The first-order chi connectivity index (χ1) is 10.2. The van der Waals surface area contributed by atoms with Gasteiger partial charge in [0.05, 0.1) is 6.10 Å². The third kappa shape index (κ3) is 5.70. The van der Waals surface area contributed by atoms with Crippen LogP contribution in [0, 0.1) is 5.92 Å². The molecule has 0 aliphatic heterocycles. The number of ether oxygens (including phenoxy) is 2. The number of rotatable bonds is 7. The maximum absolute atomic E-state index is 5.99. The summed E-state index contributed by atoms with van der Waals surface area (Å²) in [6.07, 6.45) is 8.90. The standard InChI is InChI=1S/C19H30O2/c1-4-15(2)14-17-10-12-19(13-11-17)21-16(3)20-18-8-6-5-7-9-18/h10-13,15-16,18H,4-9,14H2,1-3H3. The normalized spacial score (nSPS) is 19.2. The molecule has 1 saturated carbocycles. The smallest absolute Gasteiger partial charge is 0.197 e. The quantitative estimate of drug-likeness (QED) is 0.630. The van der Waals surface area contributed by atoms with Gasteiger partial charge in [-0.05, 0) is 49.8 Å². The lowest BCUT2D eigenvalue weighted by Crippen LogP contribution is -2.26. The first-order valence-corrected chi connectivity index (χ1v) is 8.58. The highest BCUT2D eigenvalue weighted by atomic mass is 16.7. The zero-order valence-electron chi connectivity index (χ0n) is 13.8. The van der Waals surface area contributed by atoms with E-state index in [9.17, 15) is 0 Å². The number of benzene rings is 1. The van der Waals surface area contributed by atoms with Gasteiger partial charge in [-0.3, -0.25) is 0 Å². The van der Waals surface area contributed by atoms with Crippen LogP contribution in [0.4, 0.5) is 0 Å². The monoisotopic (exact) mass is 290 g/mol. The molecule has 0 bridgehead atoms. The molecule has 1 fully saturated rings. The summed E-state index contributed by atoms with van der Waals surface area (Å²) in [5, 5.41) is 0. The molecule has 21 heavy (non-hydrogen) atoms. The lowest BCUT2D eigenvalue weighted by molar-refractivity contribution is -0.116. The molecule has 118 valence electrons. The van der Waals surface area contributed by atoms with Crippen LogP contribution in [0.2, 0.25) is 0 Å². The van der Waals surface area contributed by atoms with Crippen molar-refractivity contribution in [3.05, 3.63) is 29.8 Å². The van der Waals surface area contributed by atoms with E-state index in [0.717, 1.165) is 18.1 Å². The molecule has 1 aromatic carbocycles. The summed E-state index contributed by atoms with van der Waals surface area (Å²) in [6.45, 7) is 6.54. The third-order valence-corrected chi connectivity index (χ3v) is 4.44. The Bertz CT molecular complexity index is 393. The molecule has 0 heterocycles. The van der Waals surface area contributed by atoms with Gasteiger partial charge in [-0.15, -0.1) is 0 Å². The van der Waals surface area contributed by atoms with Crippen molar-refractivity contribution in [1.29, 1.82) is 0 Å². The summed E-state index contributed by atoms with van der Waals surface area (Å²) in [7, 11) is 0. The predicted molar refractivity (Wildman–Crippen MR) is 87.6 cm³/mol. The highest BCUT2D eigenvalue weighted by molar-refractivity contribution is 5.27. The van der Waals surface area contributed by atoms with E-state index >= 15 is 0 Å². The molecule has 0 aromatic heterocycles. The van der Waals surface area contributed by atoms with Gasteiger partial charge in [0.1, 0.15) is 5.75 Å². The highest BCUT2D eigenvalue weighted by Crippen LogP contribution is 2.23. The lowest BCUT2D eigenvalue weighted by atomic mass is 9.98. The average Bonchev–Trinajstić information content (AvgIpc) is 2.50. The number of hydrogen-bond acceptors (Lipinski definition) is 2. The van der Waals surface area contributed by atoms with E-state index in [1.165, 1.54) is 44.1 Å². The van der Waals surface area contributed by atoms with Gasteiger partial charge in [0, 0.05) is 0 Å². The van der Waals surface area contributed by atoms with Gasteiger partial charge < -0.3 is 9.47 Å². The Morgan fingerprint density at radius 1 is 1.05 bits per heavy atom. The fourth-order valence-corrected chi connectivity index (χ4v) is 2.94. The van der Waals surface area contributed by atoms with E-state index in [1.54, 1.807) is 0 Å². The predicted octanol–water partition coefficient (Wildman–Crippen LogP) is 5.35. The Morgan fingerprint density at radius 3 is 2.33 bits per heavy atom. The zero-order chi connectivity index (χ0) is 15.1. The molecule has 2 unspecified atom stereocenters. The molecule has 0 N–H and O–H groups in total. The van der Waals surface area contributed by atoms with Gasteiger partial charge in [-0.2, -0.15) is 0 Å². The van der Waals surface area contributed by atoms with Gasteiger partial charge in [0.25, 0.3) is 0 Å². The molecule has 0 spiro atoms. The molecule has 1 aromatic rings. The molecule has 2 nitrogen and oxygen atoms in total. The summed E-state index contributed by atoms with van der Waals surface area (Å²) < 4.78 is 11.9. The summed E-state index contributed by atoms with van der Waals surface area (Å²) in [6, 6.07) is 8.49. The average molecular weight is 290 g/mol. The fraction of sp³-hybridized carbons (Fsp3) is 0.684. The Kier molecular flexibility index (Phi) is 6.56. The molecule has 2 rings (SSSR count). The second-order valence-corrected chi connectivity index (χ2v) is 6.44. The van der Waals surface area contributed by atoms with Crippen LogP contribution < -0.4 is 4.74 Å². The molecule has 0 saturated heterocycles. The Labute approximate surface area is 129 Å². The SMILES string of the molecule is CCC(C)Cc1ccc(OC(C)OC2CCCCC2)cc1. The van der Waals surface area contributed by atoms with Crippen molar-refractivity contribution in [2.24, 2.45) is 5.92 Å². The van der Waals surface area contributed by atoms with E-state index in [0.29, 0.717) is 6.10 Å². The maximum atomic E-state index is 5.99. The Hall–Kier alpha value is -1.02. The summed E-state index contributed by atoms with van der Waals surface area (Å²) in [5.41, 5.74) is 1.39. The maximum Gasteiger partial charge on any atom is 0.197 e. The van der Waals surface area contributed by atoms with Crippen LogP contribution in [0.15, 0.2) is 24.3 Å². The van der Waals surface area contributed by atoms with Crippen LogP contribution in [-0.2, 0) is 11.2 Å². The van der Waals surface area contributed by atoms with Crippen molar-refractivity contribution in [3.8, 4) is 5.75 Å². The van der Waals surface area contributed by atoms with Crippen molar-refractivity contribution in [3.63, 3.8) is 0 Å². The van der Waals surface area contributed by atoms with Gasteiger partial charge in [0.15, 0.2) is 6.29 Å². The van der Waals surface area contributed by atoms with E-state index < -0.39 is 0 Å².